The SMILES string of the molecule is [2H]C(CC[Si](OCC)(OCC)OCC)N(CC)CC. The van der Waals surface area contributed by atoms with Crippen molar-refractivity contribution in [1.29, 1.82) is 0 Å². The van der Waals surface area contributed by atoms with E-state index in [1.165, 1.54) is 0 Å². The highest BCUT2D eigenvalue weighted by Gasteiger charge is 2.39. The van der Waals surface area contributed by atoms with Gasteiger partial charge >= 0.3 is 8.80 Å². The van der Waals surface area contributed by atoms with Crippen LogP contribution in [-0.2, 0) is 13.3 Å². The summed E-state index contributed by atoms with van der Waals surface area (Å²) < 4.78 is 25.6. The van der Waals surface area contributed by atoms with E-state index in [9.17, 15) is 0 Å². The van der Waals surface area contributed by atoms with E-state index in [4.69, 9.17) is 14.6 Å². The molecule has 18 heavy (non-hydrogen) atoms. The van der Waals surface area contributed by atoms with Crippen LogP contribution < -0.4 is 0 Å². The molecule has 0 aromatic heterocycles. The maximum atomic E-state index is 8.19. The second-order valence-electron chi connectivity index (χ2n) is 3.92. The van der Waals surface area contributed by atoms with Crippen LogP contribution in [-0.4, -0.2) is 53.1 Å². The van der Waals surface area contributed by atoms with Gasteiger partial charge < -0.3 is 18.2 Å². The van der Waals surface area contributed by atoms with Crippen LogP contribution in [0.2, 0.25) is 6.04 Å². The van der Waals surface area contributed by atoms with Crippen LogP contribution in [0.15, 0.2) is 0 Å². The van der Waals surface area contributed by atoms with Gasteiger partial charge in [-0.25, -0.2) is 0 Å². The van der Waals surface area contributed by atoms with Crippen molar-refractivity contribution < 1.29 is 14.6 Å². The quantitative estimate of drug-likeness (QED) is 0.514. The minimum absolute atomic E-state index is 0.205. The average Bonchev–Trinajstić information content (AvgIpc) is 2.39. The third kappa shape index (κ3) is 6.85. The van der Waals surface area contributed by atoms with Gasteiger partial charge in [0.15, 0.2) is 0 Å². The van der Waals surface area contributed by atoms with Crippen molar-refractivity contribution in [2.75, 3.05) is 39.4 Å². The molecule has 0 aliphatic rings. The van der Waals surface area contributed by atoms with Gasteiger partial charge in [0.1, 0.15) is 0 Å². The lowest BCUT2D eigenvalue weighted by Gasteiger charge is -2.29. The van der Waals surface area contributed by atoms with E-state index in [1.54, 1.807) is 0 Å². The van der Waals surface area contributed by atoms with E-state index in [-0.39, 0.29) is 6.52 Å². The molecule has 0 aliphatic carbocycles. The summed E-state index contributed by atoms with van der Waals surface area (Å²) in [7, 11) is -2.58. The first-order chi connectivity index (χ1) is 9.09. The van der Waals surface area contributed by atoms with Crippen molar-refractivity contribution in [2.45, 2.75) is 47.1 Å². The number of nitrogens with zero attached hydrogens (tertiary/aromatic N) is 1. The Balaban J connectivity index is 4.53. The van der Waals surface area contributed by atoms with Gasteiger partial charge in [0.2, 0.25) is 0 Å². The van der Waals surface area contributed by atoms with E-state index in [2.05, 4.69) is 18.7 Å². The average molecular weight is 278 g/mol. The summed E-state index contributed by atoms with van der Waals surface area (Å²) in [6.07, 6.45) is 0.730. The van der Waals surface area contributed by atoms with E-state index >= 15 is 0 Å². The molecule has 110 valence electrons. The van der Waals surface area contributed by atoms with Crippen LogP contribution in [0.25, 0.3) is 0 Å². The van der Waals surface area contributed by atoms with Gasteiger partial charge in [-0.1, -0.05) is 13.8 Å². The van der Waals surface area contributed by atoms with Crippen LogP contribution in [0.1, 0.15) is 42.4 Å². The minimum Gasteiger partial charge on any atom is -0.374 e. The molecular weight excluding hydrogens is 246 g/mol. The Labute approximate surface area is 115 Å². The molecule has 0 radical (unpaired) electrons. The zero-order valence-corrected chi connectivity index (χ0v) is 13.7. The largest absolute Gasteiger partial charge is 0.500 e. The van der Waals surface area contributed by atoms with Gasteiger partial charge in [-0.3, -0.25) is 0 Å². The fourth-order valence-corrected chi connectivity index (χ4v) is 4.39. The molecule has 1 unspecified atom stereocenters. The predicted octanol–water partition coefficient (Wildman–Crippen LogP) is 2.77. The molecule has 0 bridgehead atoms. The lowest BCUT2D eigenvalue weighted by Crippen LogP contribution is -2.46. The highest BCUT2D eigenvalue weighted by atomic mass is 28.4. The van der Waals surface area contributed by atoms with E-state index in [0.717, 1.165) is 19.5 Å². The number of hydrogen-bond donors (Lipinski definition) is 0. The lowest BCUT2D eigenvalue weighted by atomic mass is 10.4. The van der Waals surface area contributed by atoms with Gasteiger partial charge in [0.05, 0.1) is 0 Å². The van der Waals surface area contributed by atoms with E-state index in [1.807, 2.05) is 20.8 Å². The van der Waals surface area contributed by atoms with Crippen LogP contribution in [0.5, 0.6) is 0 Å². The molecule has 0 saturated heterocycles. The molecule has 0 aliphatic heterocycles. The van der Waals surface area contributed by atoms with Crippen molar-refractivity contribution >= 4 is 8.80 Å². The Morgan fingerprint density at radius 2 is 1.33 bits per heavy atom. The summed E-state index contributed by atoms with van der Waals surface area (Å²) >= 11 is 0. The zero-order valence-electron chi connectivity index (χ0n) is 13.7. The molecule has 0 heterocycles. The molecule has 0 saturated carbocycles. The second kappa shape index (κ2) is 10.9. The van der Waals surface area contributed by atoms with Crippen molar-refractivity contribution in [3.63, 3.8) is 0 Å². The topological polar surface area (TPSA) is 30.9 Å². The van der Waals surface area contributed by atoms with Gasteiger partial charge in [0.25, 0.3) is 0 Å². The first-order valence-corrected chi connectivity index (χ1v) is 9.10. The summed E-state index contributed by atoms with van der Waals surface area (Å²) in [5, 5.41) is 0. The fraction of sp³-hybridized carbons (Fsp3) is 1.00. The molecule has 0 aromatic rings. The standard InChI is InChI=1S/C13H31NO3Si/c1-6-14(7-2)12-11-13-18(15-8-3,16-9-4)17-10-5/h6-13H2,1-5H3/i12D. The molecule has 0 N–H and O–H groups in total. The smallest absolute Gasteiger partial charge is 0.374 e. The Bertz CT molecular complexity index is 201. The monoisotopic (exact) mass is 278 g/mol. The highest BCUT2D eigenvalue weighted by Crippen LogP contribution is 2.18. The van der Waals surface area contributed by atoms with Crippen molar-refractivity contribution in [3.8, 4) is 0 Å². The third-order valence-corrected chi connectivity index (χ3v) is 5.83. The van der Waals surface area contributed by atoms with Crippen molar-refractivity contribution in [2.24, 2.45) is 0 Å². The summed E-state index contributed by atoms with van der Waals surface area (Å²) in [6, 6.07) is 0.715. The molecule has 0 spiro atoms. The molecular formula is C13H31NO3Si. The Kier molecular flexibility index (Phi) is 9.79. The summed E-state index contributed by atoms with van der Waals surface area (Å²) in [4.78, 5) is 2.13. The summed E-state index contributed by atoms with van der Waals surface area (Å²) in [5.74, 6) is 0. The maximum absolute atomic E-state index is 8.19. The van der Waals surface area contributed by atoms with Gasteiger partial charge in [-0.05, 0) is 46.8 Å². The fourth-order valence-electron chi connectivity index (χ4n) is 1.91. The molecule has 5 heteroatoms. The molecule has 1 atom stereocenters. The molecule has 0 rings (SSSR count). The van der Waals surface area contributed by atoms with Crippen LogP contribution in [0.3, 0.4) is 0 Å². The van der Waals surface area contributed by atoms with E-state index in [0.29, 0.717) is 25.9 Å². The van der Waals surface area contributed by atoms with Gasteiger partial charge in [0, 0.05) is 27.2 Å². The third-order valence-electron chi connectivity index (χ3n) is 2.74. The zero-order chi connectivity index (χ0) is 14.7. The van der Waals surface area contributed by atoms with Crippen LogP contribution in [0, 0.1) is 0 Å². The van der Waals surface area contributed by atoms with Crippen molar-refractivity contribution in [1.82, 2.24) is 4.90 Å². The molecule has 4 nitrogen and oxygen atoms in total. The Morgan fingerprint density at radius 3 is 1.67 bits per heavy atom. The molecule has 0 amide bonds. The first kappa shape index (κ1) is 16.1. The first-order valence-electron chi connectivity index (χ1n) is 7.74. The normalized spacial score (nSPS) is 14.9. The number of rotatable bonds is 12. The summed E-state index contributed by atoms with van der Waals surface area (Å²) in [5.41, 5.74) is 0. The van der Waals surface area contributed by atoms with Crippen LogP contribution in [0.4, 0.5) is 0 Å². The predicted molar refractivity (Wildman–Crippen MR) is 77.8 cm³/mol. The van der Waals surface area contributed by atoms with Crippen molar-refractivity contribution in [3.05, 3.63) is 0 Å². The van der Waals surface area contributed by atoms with E-state index < -0.39 is 8.80 Å². The molecule has 0 aromatic carbocycles. The van der Waals surface area contributed by atoms with Crippen LogP contribution >= 0.6 is 0 Å². The molecule has 0 fully saturated rings. The summed E-state index contributed by atoms with van der Waals surface area (Å²) in [6.45, 7) is 13.4. The highest BCUT2D eigenvalue weighted by molar-refractivity contribution is 6.60. The number of hydrogen-bond acceptors (Lipinski definition) is 4. The van der Waals surface area contributed by atoms with Gasteiger partial charge in [-0.15, -0.1) is 0 Å². The minimum atomic E-state index is -2.58. The van der Waals surface area contributed by atoms with Gasteiger partial charge in [-0.2, -0.15) is 0 Å². The second-order valence-corrected chi connectivity index (χ2v) is 6.66. The lowest BCUT2D eigenvalue weighted by molar-refractivity contribution is 0.0700. The maximum Gasteiger partial charge on any atom is 0.500 e. The Hall–Kier alpha value is 0.0569. The Morgan fingerprint density at radius 1 is 0.889 bits per heavy atom.